The van der Waals surface area contributed by atoms with Crippen LogP contribution in [0.3, 0.4) is 0 Å². The molecule has 2 aromatic carbocycles. The Morgan fingerprint density at radius 3 is 2.67 bits per heavy atom. The van der Waals surface area contributed by atoms with E-state index in [2.05, 4.69) is 12.4 Å². The molecule has 75 valence electrons. The van der Waals surface area contributed by atoms with Crippen molar-refractivity contribution in [2.75, 3.05) is 0 Å². The molecule has 2 nitrogen and oxygen atoms in total. The lowest BCUT2D eigenvalue weighted by Gasteiger charge is -2.05. The molecule has 0 unspecified atom stereocenters. The van der Waals surface area contributed by atoms with Gasteiger partial charge in [0, 0.05) is 7.05 Å². The molecule has 1 radical (unpaired) electrons. The lowest BCUT2D eigenvalue weighted by atomic mass is 10.0. The number of hydrogen-bond acceptors (Lipinski definition) is 1. The summed E-state index contributed by atoms with van der Waals surface area (Å²) in [6, 6.07) is 14.0. The summed E-state index contributed by atoms with van der Waals surface area (Å²) < 4.78 is 0. The second-order valence-electron chi connectivity index (χ2n) is 3.42. The highest BCUT2D eigenvalue weighted by Gasteiger charge is 2.04. The number of nitrogens with one attached hydrogen (secondary N) is 1. The van der Waals surface area contributed by atoms with Gasteiger partial charge in [0.2, 0.25) is 5.91 Å². The van der Waals surface area contributed by atoms with E-state index >= 15 is 0 Å². The van der Waals surface area contributed by atoms with Crippen LogP contribution >= 0.6 is 0 Å². The second kappa shape index (κ2) is 4.13. The molecular weight excluding hydrogens is 186 g/mol. The maximum absolute atomic E-state index is 11.3. The SMILES string of the molecule is [CH2]NC(=O)Cc1cccc2ccccc12. The first-order valence-electron chi connectivity index (χ1n) is 4.84. The molecule has 15 heavy (non-hydrogen) atoms. The van der Waals surface area contributed by atoms with Crippen molar-refractivity contribution in [1.29, 1.82) is 0 Å². The normalized spacial score (nSPS) is 10.2. The Balaban J connectivity index is 2.46. The van der Waals surface area contributed by atoms with Crippen LogP contribution in [0.4, 0.5) is 0 Å². The van der Waals surface area contributed by atoms with Crippen LogP contribution in [0.5, 0.6) is 0 Å². The summed E-state index contributed by atoms with van der Waals surface area (Å²) >= 11 is 0. The maximum atomic E-state index is 11.3. The Bertz CT molecular complexity index is 485. The quantitative estimate of drug-likeness (QED) is 0.788. The van der Waals surface area contributed by atoms with Gasteiger partial charge in [0.15, 0.2) is 0 Å². The van der Waals surface area contributed by atoms with Crippen LogP contribution in [0.2, 0.25) is 0 Å². The molecule has 0 saturated carbocycles. The third kappa shape index (κ3) is 1.99. The first-order chi connectivity index (χ1) is 7.31. The standard InChI is InChI=1S/C13H12NO/c1-14-13(15)9-11-7-4-6-10-5-2-3-8-12(10)11/h2-8H,1,9H2,(H,14,15). The zero-order valence-corrected chi connectivity index (χ0v) is 8.36. The van der Waals surface area contributed by atoms with Gasteiger partial charge in [0.05, 0.1) is 6.42 Å². The highest BCUT2D eigenvalue weighted by atomic mass is 16.1. The largest absolute Gasteiger partial charge is 0.354 e. The average molecular weight is 198 g/mol. The number of rotatable bonds is 2. The van der Waals surface area contributed by atoms with Crippen LogP contribution < -0.4 is 5.32 Å². The van der Waals surface area contributed by atoms with E-state index in [0.29, 0.717) is 6.42 Å². The first-order valence-corrected chi connectivity index (χ1v) is 4.84. The molecule has 1 amide bonds. The summed E-state index contributed by atoms with van der Waals surface area (Å²) in [5, 5.41) is 4.68. The van der Waals surface area contributed by atoms with E-state index in [1.54, 1.807) is 0 Å². The predicted molar refractivity (Wildman–Crippen MR) is 61.2 cm³/mol. The monoisotopic (exact) mass is 198 g/mol. The fraction of sp³-hybridized carbons (Fsp3) is 0.0769. The van der Waals surface area contributed by atoms with Crippen molar-refractivity contribution in [3.8, 4) is 0 Å². The topological polar surface area (TPSA) is 29.1 Å². The van der Waals surface area contributed by atoms with Crippen molar-refractivity contribution >= 4 is 16.7 Å². The molecule has 0 spiro atoms. The second-order valence-corrected chi connectivity index (χ2v) is 3.42. The van der Waals surface area contributed by atoms with E-state index in [9.17, 15) is 4.79 Å². The summed E-state index contributed by atoms with van der Waals surface area (Å²) in [7, 11) is 3.36. The molecule has 2 heteroatoms. The van der Waals surface area contributed by atoms with Gasteiger partial charge in [-0.3, -0.25) is 4.79 Å². The maximum Gasteiger partial charge on any atom is 0.224 e. The van der Waals surface area contributed by atoms with Crippen LogP contribution in [-0.4, -0.2) is 5.91 Å². The number of amides is 1. The fourth-order valence-corrected chi connectivity index (χ4v) is 1.68. The first kappa shape index (κ1) is 9.71. The summed E-state index contributed by atoms with van der Waals surface area (Å²) in [6.45, 7) is 0. The van der Waals surface area contributed by atoms with Gasteiger partial charge in [0.1, 0.15) is 0 Å². The van der Waals surface area contributed by atoms with Crippen molar-refractivity contribution < 1.29 is 4.79 Å². The van der Waals surface area contributed by atoms with Gasteiger partial charge in [-0.25, -0.2) is 0 Å². The van der Waals surface area contributed by atoms with Gasteiger partial charge < -0.3 is 5.32 Å². The summed E-state index contributed by atoms with van der Waals surface area (Å²) in [5.74, 6) is -0.0636. The average Bonchev–Trinajstić information content (AvgIpc) is 2.29. The third-order valence-electron chi connectivity index (χ3n) is 2.43. The van der Waals surface area contributed by atoms with Crippen molar-refractivity contribution in [3.63, 3.8) is 0 Å². The van der Waals surface area contributed by atoms with Crippen LogP contribution in [-0.2, 0) is 11.2 Å². The number of benzene rings is 2. The molecule has 0 atom stereocenters. The Hall–Kier alpha value is -1.83. The van der Waals surface area contributed by atoms with E-state index in [-0.39, 0.29) is 5.91 Å². The number of hydrogen-bond donors (Lipinski definition) is 1. The van der Waals surface area contributed by atoms with Gasteiger partial charge in [0.25, 0.3) is 0 Å². The Morgan fingerprint density at radius 2 is 1.87 bits per heavy atom. The molecule has 0 saturated heterocycles. The van der Waals surface area contributed by atoms with E-state index in [0.717, 1.165) is 16.3 Å². The Labute approximate surface area is 88.9 Å². The zero-order valence-electron chi connectivity index (χ0n) is 8.36. The number of carbonyl (C=O) groups excluding carboxylic acids is 1. The Morgan fingerprint density at radius 1 is 1.13 bits per heavy atom. The van der Waals surface area contributed by atoms with Gasteiger partial charge in [-0.15, -0.1) is 0 Å². The molecule has 0 aliphatic heterocycles. The molecule has 2 aromatic rings. The van der Waals surface area contributed by atoms with Crippen LogP contribution in [0.1, 0.15) is 5.56 Å². The summed E-state index contributed by atoms with van der Waals surface area (Å²) in [4.78, 5) is 11.3. The Kier molecular flexibility index (Phi) is 2.68. The van der Waals surface area contributed by atoms with Crippen LogP contribution in [0.25, 0.3) is 10.8 Å². The van der Waals surface area contributed by atoms with Gasteiger partial charge in [-0.1, -0.05) is 42.5 Å². The molecule has 0 aliphatic rings. The molecule has 0 aromatic heterocycles. The smallest absolute Gasteiger partial charge is 0.224 e. The summed E-state index contributed by atoms with van der Waals surface area (Å²) in [6.07, 6.45) is 0.380. The van der Waals surface area contributed by atoms with E-state index < -0.39 is 0 Å². The molecule has 0 aliphatic carbocycles. The lowest BCUT2D eigenvalue weighted by Crippen LogP contribution is -2.17. The highest BCUT2D eigenvalue weighted by molar-refractivity contribution is 5.90. The van der Waals surface area contributed by atoms with E-state index in [1.165, 1.54) is 0 Å². The molecule has 1 N–H and O–H groups in total. The molecule has 0 bridgehead atoms. The van der Waals surface area contributed by atoms with Crippen molar-refractivity contribution in [3.05, 3.63) is 55.1 Å². The van der Waals surface area contributed by atoms with Crippen molar-refractivity contribution in [1.82, 2.24) is 5.32 Å². The van der Waals surface area contributed by atoms with Gasteiger partial charge in [-0.2, -0.15) is 0 Å². The zero-order chi connectivity index (χ0) is 10.7. The van der Waals surface area contributed by atoms with Crippen molar-refractivity contribution in [2.24, 2.45) is 0 Å². The number of fused-ring (bicyclic) bond motifs is 1. The predicted octanol–water partition coefficient (Wildman–Crippen LogP) is 2.29. The lowest BCUT2D eigenvalue weighted by molar-refractivity contribution is -0.119. The third-order valence-corrected chi connectivity index (χ3v) is 2.43. The van der Waals surface area contributed by atoms with Crippen LogP contribution in [0.15, 0.2) is 42.5 Å². The minimum absolute atomic E-state index is 0.0636. The van der Waals surface area contributed by atoms with Crippen LogP contribution in [0, 0.1) is 7.05 Å². The molecule has 0 heterocycles. The number of carbonyl (C=O) groups is 1. The minimum atomic E-state index is -0.0636. The molecule has 2 rings (SSSR count). The molecule has 0 fully saturated rings. The van der Waals surface area contributed by atoms with E-state index in [1.807, 2.05) is 42.5 Å². The summed E-state index contributed by atoms with van der Waals surface area (Å²) in [5.41, 5.74) is 1.04. The van der Waals surface area contributed by atoms with Gasteiger partial charge >= 0.3 is 0 Å². The fourth-order valence-electron chi connectivity index (χ4n) is 1.68. The minimum Gasteiger partial charge on any atom is -0.354 e. The molecular formula is C13H12NO. The van der Waals surface area contributed by atoms with Crippen molar-refractivity contribution in [2.45, 2.75) is 6.42 Å². The van der Waals surface area contributed by atoms with E-state index in [4.69, 9.17) is 0 Å². The highest BCUT2D eigenvalue weighted by Crippen LogP contribution is 2.18. The van der Waals surface area contributed by atoms with Gasteiger partial charge in [-0.05, 0) is 16.3 Å².